The summed E-state index contributed by atoms with van der Waals surface area (Å²) in [7, 11) is 0. The van der Waals surface area contributed by atoms with Gasteiger partial charge in [-0.1, -0.05) is 0 Å². The molecule has 1 aromatic carbocycles. The third-order valence-corrected chi connectivity index (χ3v) is 6.00. The Hall–Kier alpha value is -3.23. The minimum absolute atomic E-state index is 0.100. The lowest BCUT2D eigenvalue weighted by Crippen LogP contribution is -2.53. The fraction of sp³-hybridized carbons (Fsp3) is 0.478. The number of rotatable bonds is 4. The van der Waals surface area contributed by atoms with E-state index in [9.17, 15) is 14.0 Å². The van der Waals surface area contributed by atoms with Crippen LogP contribution >= 0.6 is 0 Å². The van der Waals surface area contributed by atoms with Crippen LogP contribution in [0.3, 0.4) is 0 Å². The molecule has 0 radical (unpaired) electrons. The average Bonchev–Trinajstić information content (AvgIpc) is 2.84. The first-order valence-electron chi connectivity index (χ1n) is 11.1. The monoisotopic (exact) mass is 441 g/mol. The van der Waals surface area contributed by atoms with Crippen molar-refractivity contribution in [1.29, 1.82) is 0 Å². The van der Waals surface area contributed by atoms with Gasteiger partial charge in [0.15, 0.2) is 5.82 Å². The summed E-state index contributed by atoms with van der Waals surface area (Å²) in [4.78, 5) is 30.6. The lowest BCUT2D eigenvalue weighted by atomic mass is 9.96. The second-order valence-electron chi connectivity index (χ2n) is 8.08. The summed E-state index contributed by atoms with van der Waals surface area (Å²) >= 11 is 0. The van der Waals surface area contributed by atoms with Crippen molar-refractivity contribution in [3.05, 3.63) is 42.2 Å². The first-order chi connectivity index (χ1) is 15.5. The van der Waals surface area contributed by atoms with Crippen LogP contribution in [0.5, 0.6) is 0 Å². The predicted molar refractivity (Wildman–Crippen MR) is 118 cm³/mol. The van der Waals surface area contributed by atoms with E-state index in [0.29, 0.717) is 45.0 Å². The van der Waals surface area contributed by atoms with Crippen LogP contribution in [-0.2, 0) is 9.53 Å². The smallest absolute Gasteiger partial charge is 0.409 e. The SMILES string of the molecule is CCOC(=O)N1CCN(C(=O)[C@@H]2CCCN(c3ccc(-c4ccc(F)cc4)nn3)C2)CC1. The molecule has 2 fully saturated rings. The normalized spacial score (nSPS) is 19.1. The standard InChI is InChI=1S/C23H28FN5O3/c1-2-32-23(31)28-14-12-27(13-15-28)22(30)18-4-3-11-29(16-18)21-10-9-20(25-26-21)17-5-7-19(24)8-6-17/h5-10,18H,2-4,11-16H2,1H3/t18-/m1/s1. The van der Waals surface area contributed by atoms with Crippen LogP contribution in [-0.4, -0.2) is 77.9 Å². The van der Waals surface area contributed by atoms with Gasteiger partial charge < -0.3 is 19.4 Å². The molecule has 32 heavy (non-hydrogen) atoms. The summed E-state index contributed by atoms with van der Waals surface area (Å²) in [6.45, 7) is 5.61. The highest BCUT2D eigenvalue weighted by molar-refractivity contribution is 5.80. The lowest BCUT2D eigenvalue weighted by Gasteiger charge is -2.38. The molecular weight excluding hydrogens is 413 g/mol. The molecular formula is C23H28FN5O3. The molecule has 0 spiro atoms. The zero-order chi connectivity index (χ0) is 22.5. The minimum Gasteiger partial charge on any atom is -0.450 e. The molecule has 2 aliphatic rings. The van der Waals surface area contributed by atoms with Crippen molar-refractivity contribution in [2.45, 2.75) is 19.8 Å². The number of benzene rings is 1. The van der Waals surface area contributed by atoms with Crippen molar-refractivity contribution in [3.8, 4) is 11.3 Å². The molecule has 1 aromatic heterocycles. The molecule has 4 rings (SSSR count). The molecule has 170 valence electrons. The zero-order valence-corrected chi connectivity index (χ0v) is 18.2. The fourth-order valence-electron chi connectivity index (χ4n) is 4.24. The summed E-state index contributed by atoms with van der Waals surface area (Å²) in [6, 6.07) is 9.93. The van der Waals surface area contributed by atoms with Crippen LogP contribution in [0.25, 0.3) is 11.3 Å². The summed E-state index contributed by atoms with van der Waals surface area (Å²) in [5.74, 6) is 0.482. The molecule has 2 aromatic rings. The van der Waals surface area contributed by atoms with Crippen molar-refractivity contribution in [2.24, 2.45) is 5.92 Å². The van der Waals surface area contributed by atoms with Crippen molar-refractivity contribution >= 4 is 17.8 Å². The van der Waals surface area contributed by atoms with Crippen molar-refractivity contribution in [3.63, 3.8) is 0 Å². The van der Waals surface area contributed by atoms with Gasteiger partial charge in [0.2, 0.25) is 5.91 Å². The molecule has 2 amide bonds. The molecule has 2 aliphatic heterocycles. The molecule has 0 unspecified atom stereocenters. The van der Waals surface area contributed by atoms with Gasteiger partial charge in [0, 0.05) is 44.8 Å². The van der Waals surface area contributed by atoms with Gasteiger partial charge >= 0.3 is 6.09 Å². The van der Waals surface area contributed by atoms with E-state index in [0.717, 1.165) is 30.8 Å². The van der Waals surface area contributed by atoms with Crippen molar-refractivity contribution in [2.75, 3.05) is 50.8 Å². The quantitative estimate of drug-likeness (QED) is 0.726. The number of amides is 2. The molecule has 0 saturated carbocycles. The number of aromatic nitrogens is 2. The Kier molecular flexibility index (Phi) is 6.82. The number of nitrogens with zero attached hydrogens (tertiary/aromatic N) is 5. The molecule has 0 aliphatic carbocycles. The predicted octanol–water partition coefficient (Wildman–Crippen LogP) is 2.80. The molecule has 1 atom stereocenters. The summed E-state index contributed by atoms with van der Waals surface area (Å²) in [5.41, 5.74) is 1.48. The van der Waals surface area contributed by atoms with Gasteiger partial charge in [-0.25, -0.2) is 9.18 Å². The second-order valence-corrected chi connectivity index (χ2v) is 8.08. The van der Waals surface area contributed by atoms with E-state index >= 15 is 0 Å². The molecule has 9 heteroatoms. The Morgan fingerprint density at radius 1 is 1.00 bits per heavy atom. The number of piperazine rings is 1. The van der Waals surface area contributed by atoms with E-state index < -0.39 is 0 Å². The van der Waals surface area contributed by atoms with Crippen LogP contribution in [0.2, 0.25) is 0 Å². The number of ether oxygens (including phenoxy) is 1. The maximum atomic E-state index is 13.1. The first-order valence-corrected chi connectivity index (χ1v) is 11.1. The number of halogens is 1. The second kappa shape index (κ2) is 9.93. The van der Waals surface area contributed by atoms with Crippen molar-refractivity contribution < 1.29 is 18.7 Å². The van der Waals surface area contributed by atoms with Gasteiger partial charge in [0.05, 0.1) is 18.2 Å². The van der Waals surface area contributed by atoms with Gasteiger partial charge in [0.25, 0.3) is 0 Å². The number of anilines is 1. The third kappa shape index (κ3) is 4.98. The molecule has 8 nitrogen and oxygen atoms in total. The molecule has 3 heterocycles. The summed E-state index contributed by atoms with van der Waals surface area (Å²) in [6.07, 6.45) is 1.43. The third-order valence-electron chi connectivity index (χ3n) is 6.00. The van der Waals surface area contributed by atoms with Gasteiger partial charge in [-0.15, -0.1) is 10.2 Å². The van der Waals surface area contributed by atoms with Gasteiger partial charge in [-0.05, 0) is 56.2 Å². The van der Waals surface area contributed by atoms with Crippen molar-refractivity contribution in [1.82, 2.24) is 20.0 Å². The van der Waals surface area contributed by atoms with Gasteiger partial charge in [-0.3, -0.25) is 4.79 Å². The number of hydrogen-bond acceptors (Lipinski definition) is 6. The van der Waals surface area contributed by atoms with Crippen LogP contribution in [0.1, 0.15) is 19.8 Å². The Morgan fingerprint density at radius 3 is 2.38 bits per heavy atom. The fourth-order valence-corrected chi connectivity index (χ4v) is 4.24. The zero-order valence-electron chi connectivity index (χ0n) is 18.2. The number of carbonyl (C=O) groups excluding carboxylic acids is 2. The first kappa shape index (κ1) is 22.0. The maximum Gasteiger partial charge on any atom is 0.409 e. The van der Waals surface area contributed by atoms with Crippen LogP contribution in [0.15, 0.2) is 36.4 Å². The molecule has 2 saturated heterocycles. The minimum atomic E-state index is -0.314. The molecule has 0 bridgehead atoms. The lowest BCUT2D eigenvalue weighted by molar-refractivity contribution is -0.137. The molecule has 0 N–H and O–H groups in total. The van der Waals surface area contributed by atoms with Crippen LogP contribution in [0.4, 0.5) is 15.0 Å². The van der Waals surface area contributed by atoms with Crippen LogP contribution in [0, 0.1) is 11.7 Å². The van der Waals surface area contributed by atoms with Gasteiger partial charge in [-0.2, -0.15) is 0 Å². The van der Waals surface area contributed by atoms with E-state index in [4.69, 9.17) is 4.74 Å². The number of piperidine rings is 1. The highest BCUT2D eigenvalue weighted by Gasteiger charge is 2.32. The Morgan fingerprint density at radius 2 is 1.72 bits per heavy atom. The van der Waals surface area contributed by atoms with E-state index in [2.05, 4.69) is 15.1 Å². The Balaban J connectivity index is 1.34. The Bertz CT molecular complexity index is 930. The van der Waals surface area contributed by atoms with Gasteiger partial charge in [0.1, 0.15) is 5.82 Å². The number of carbonyl (C=O) groups is 2. The maximum absolute atomic E-state index is 13.1. The topological polar surface area (TPSA) is 78.9 Å². The average molecular weight is 442 g/mol. The summed E-state index contributed by atoms with van der Waals surface area (Å²) < 4.78 is 18.2. The summed E-state index contributed by atoms with van der Waals surface area (Å²) in [5, 5.41) is 8.65. The van der Waals surface area contributed by atoms with E-state index in [1.54, 1.807) is 24.0 Å². The van der Waals surface area contributed by atoms with Crippen LogP contribution < -0.4 is 4.90 Å². The van der Waals surface area contributed by atoms with E-state index in [-0.39, 0.29) is 23.7 Å². The number of hydrogen-bond donors (Lipinski definition) is 0. The van der Waals surface area contributed by atoms with E-state index in [1.165, 1.54) is 12.1 Å². The Labute approximate surface area is 187 Å². The highest BCUT2D eigenvalue weighted by Crippen LogP contribution is 2.25. The largest absolute Gasteiger partial charge is 0.450 e. The highest BCUT2D eigenvalue weighted by atomic mass is 19.1. The van der Waals surface area contributed by atoms with E-state index in [1.807, 2.05) is 17.0 Å².